The third-order valence-corrected chi connectivity index (χ3v) is 3.44. The van der Waals surface area contributed by atoms with Crippen molar-refractivity contribution in [2.75, 3.05) is 6.54 Å². The first kappa shape index (κ1) is 15.8. The molecule has 5 heteroatoms. The van der Waals surface area contributed by atoms with E-state index in [9.17, 15) is 9.59 Å². The van der Waals surface area contributed by atoms with Gasteiger partial charge in [0.1, 0.15) is 6.04 Å². The second-order valence-corrected chi connectivity index (χ2v) is 5.26. The zero-order chi connectivity index (χ0) is 14.3. The van der Waals surface area contributed by atoms with Gasteiger partial charge in [0, 0.05) is 12.6 Å². The van der Waals surface area contributed by atoms with Crippen molar-refractivity contribution in [3.63, 3.8) is 0 Å². The van der Waals surface area contributed by atoms with Crippen LogP contribution < -0.4 is 5.32 Å². The summed E-state index contributed by atoms with van der Waals surface area (Å²) >= 11 is 0. The van der Waals surface area contributed by atoms with Gasteiger partial charge in [0.15, 0.2) is 0 Å². The van der Waals surface area contributed by atoms with E-state index in [0.29, 0.717) is 12.5 Å². The van der Waals surface area contributed by atoms with Gasteiger partial charge in [-0.25, -0.2) is 9.59 Å². The lowest BCUT2D eigenvalue weighted by Gasteiger charge is -2.25. The number of amides is 2. The summed E-state index contributed by atoms with van der Waals surface area (Å²) in [5, 5.41) is 11.8. The lowest BCUT2D eigenvalue weighted by atomic mass is 10.1. The maximum atomic E-state index is 12.2. The lowest BCUT2D eigenvalue weighted by molar-refractivity contribution is -0.139. The minimum atomic E-state index is -0.937. The zero-order valence-electron chi connectivity index (χ0n) is 12.0. The summed E-state index contributed by atoms with van der Waals surface area (Å²) in [7, 11) is 0. The van der Waals surface area contributed by atoms with Gasteiger partial charge in [-0.3, -0.25) is 0 Å². The van der Waals surface area contributed by atoms with Crippen LogP contribution in [0.2, 0.25) is 0 Å². The summed E-state index contributed by atoms with van der Waals surface area (Å²) < 4.78 is 0. The normalized spacial score (nSPS) is 15.9. The van der Waals surface area contributed by atoms with Crippen LogP contribution in [0, 0.1) is 0 Å². The molecule has 0 bridgehead atoms. The van der Waals surface area contributed by atoms with Gasteiger partial charge in [-0.2, -0.15) is 0 Å². The number of urea groups is 1. The predicted molar refractivity (Wildman–Crippen MR) is 74.1 cm³/mol. The SMILES string of the molecule is CCCCC(NC(=O)N(CCCC)C1CC1)C(=O)O. The van der Waals surface area contributed by atoms with E-state index in [1.54, 1.807) is 0 Å². The molecule has 1 atom stereocenters. The molecular formula is C14H26N2O3. The number of hydrogen-bond donors (Lipinski definition) is 2. The number of carboxylic acids is 1. The van der Waals surface area contributed by atoms with Crippen molar-refractivity contribution in [1.82, 2.24) is 10.2 Å². The van der Waals surface area contributed by atoms with Crippen LogP contribution in [0.3, 0.4) is 0 Å². The third-order valence-electron chi connectivity index (χ3n) is 3.44. The third kappa shape index (κ3) is 5.49. The summed E-state index contributed by atoms with van der Waals surface area (Å²) in [4.78, 5) is 25.1. The lowest BCUT2D eigenvalue weighted by Crippen LogP contribution is -2.49. The van der Waals surface area contributed by atoms with Crippen LogP contribution >= 0.6 is 0 Å². The van der Waals surface area contributed by atoms with Gasteiger partial charge in [-0.05, 0) is 25.7 Å². The molecule has 0 saturated heterocycles. The Hall–Kier alpha value is -1.26. The van der Waals surface area contributed by atoms with E-state index in [1.165, 1.54) is 0 Å². The molecule has 0 heterocycles. The van der Waals surface area contributed by atoms with Gasteiger partial charge in [0.2, 0.25) is 0 Å². The average Bonchev–Trinajstić information content (AvgIpc) is 3.19. The first-order valence-corrected chi connectivity index (χ1v) is 7.40. The van der Waals surface area contributed by atoms with Gasteiger partial charge in [0.25, 0.3) is 0 Å². The topological polar surface area (TPSA) is 69.6 Å². The van der Waals surface area contributed by atoms with Crippen molar-refractivity contribution >= 4 is 12.0 Å². The summed E-state index contributed by atoms with van der Waals surface area (Å²) in [5.74, 6) is -0.937. The van der Waals surface area contributed by atoms with Crippen molar-refractivity contribution in [2.45, 2.75) is 70.9 Å². The number of carbonyl (C=O) groups excluding carboxylic acids is 1. The molecule has 2 N–H and O–H groups in total. The maximum Gasteiger partial charge on any atom is 0.326 e. The van der Waals surface area contributed by atoms with Crippen molar-refractivity contribution in [1.29, 1.82) is 0 Å². The van der Waals surface area contributed by atoms with Crippen LogP contribution in [-0.4, -0.2) is 40.6 Å². The molecule has 0 aromatic heterocycles. The van der Waals surface area contributed by atoms with Gasteiger partial charge in [-0.1, -0.05) is 33.1 Å². The largest absolute Gasteiger partial charge is 0.480 e. The summed E-state index contributed by atoms with van der Waals surface area (Å²) in [6.45, 7) is 4.83. The highest BCUT2D eigenvalue weighted by molar-refractivity contribution is 5.82. The number of rotatable bonds is 9. The molecule has 1 fully saturated rings. The van der Waals surface area contributed by atoms with Crippen LogP contribution in [0.1, 0.15) is 58.8 Å². The van der Waals surface area contributed by atoms with Crippen molar-refractivity contribution in [2.24, 2.45) is 0 Å². The van der Waals surface area contributed by atoms with Crippen molar-refractivity contribution in [3.8, 4) is 0 Å². The molecule has 1 aliphatic rings. The molecule has 1 rings (SSSR count). The number of nitrogens with zero attached hydrogens (tertiary/aromatic N) is 1. The van der Waals surface area contributed by atoms with Crippen LogP contribution in [0.4, 0.5) is 4.79 Å². The van der Waals surface area contributed by atoms with E-state index in [1.807, 2.05) is 11.8 Å². The second kappa shape index (κ2) is 8.02. The van der Waals surface area contributed by atoms with Gasteiger partial charge < -0.3 is 15.3 Å². The first-order chi connectivity index (χ1) is 9.10. The Morgan fingerprint density at radius 2 is 1.89 bits per heavy atom. The van der Waals surface area contributed by atoms with E-state index < -0.39 is 12.0 Å². The Bertz CT molecular complexity index is 303. The Kier molecular flexibility index (Phi) is 6.67. The monoisotopic (exact) mass is 270 g/mol. The Morgan fingerprint density at radius 1 is 1.26 bits per heavy atom. The van der Waals surface area contributed by atoms with E-state index >= 15 is 0 Å². The highest BCUT2D eigenvalue weighted by Gasteiger charge is 2.33. The fourth-order valence-corrected chi connectivity index (χ4v) is 2.06. The van der Waals surface area contributed by atoms with Crippen LogP contribution in [0.25, 0.3) is 0 Å². The fraction of sp³-hybridized carbons (Fsp3) is 0.857. The molecule has 2 amide bonds. The van der Waals surface area contributed by atoms with E-state index in [4.69, 9.17) is 5.11 Å². The highest BCUT2D eigenvalue weighted by atomic mass is 16.4. The van der Waals surface area contributed by atoms with Crippen molar-refractivity contribution < 1.29 is 14.7 Å². The average molecular weight is 270 g/mol. The van der Waals surface area contributed by atoms with E-state index in [-0.39, 0.29) is 6.03 Å². The summed E-state index contributed by atoms with van der Waals surface area (Å²) in [5.41, 5.74) is 0. The van der Waals surface area contributed by atoms with Crippen LogP contribution in [0.15, 0.2) is 0 Å². The highest BCUT2D eigenvalue weighted by Crippen LogP contribution is 2.27. The van der Waals surface area contributed by atoms with E-state index in [0.717, 1.165) is 45.1 Å². The zero-order valence-corrected chi connectivity index (χ0v) is 12.0. The Balaban J connectivity index is 2.49. The van der Waals surface area contributed by atoms with Gasteiger partial charge in [-0.15, -0.1) is 0 Å². The Morgan fingerprint density at radius 3 is 2.37 bits per heavy atom. The molecule has 110 valence electrons. The molecule has 0 aliphatic heterocycles. The predicted octanol–water partition coefficient (Wildman–Crippen LogP) is 2.60. The molecule has 5 nitrogen and oxygen atoms in total. The standard InChI is InChI=1S/C14H26N2O3/c1-3-5-7-12(13(17)18)15-14(19)16(10-6-4-2)11-8-9-11/h11-12H,3-10H2,1-2H3,(H,15,19)(H,17,18). The van der Waals surface area contributed by atoms with E-state index in [2.05, 4.69) is 12.2 Å². The minimum absolute atomic E-state index is 0.209. The molecule has 1 aliphatic carbocycles. The smallest absolute Gasteiger partial charge is 0.326 e. The number of hydrogen-bond acceptors (Lipinski definition) is 2. The molecule has 0 aromatic carbocycles. The van der Waals surface area contributed by atoms with Gasteiger partial charge in [0.05, 0.1) is 0 Å². The molecule has 0 radical (unpaired) electrons. The fourth-order valence-electron chi connectivity index (χ4n) is 2.06. The molecule has 0 spiro atoms. The molecule has 0 aromatic rings. The quantitative estimate of drug-likeness (QED) is 0.676. The Labute approximate surface area is 115 Å². The van der Waals surface area contributed by atoms with Gasteiger partial charge >= 0.3 is 12.0 Å². The molecule has 1 saturated carbocycles. The maximum absolute atomic E-state index is 12.2. The molecule has 19 heavy (non-hydrogen) atoms. The second-order valence-electron chi connectivity index (χ2n) is 5.26. The number of aliphatic carboxylic acids is 1. The summed E-state index contributed by atoms with van der Waals surface area (Å²) in [6, 6.07) is -0.637. The van der Waals surface area contributed by atoms with Crippen molar-refractivity contribution in [3.05, 3.63) is 0 Å². The number of carbonyl (C=O) groups is 2. The number of unbranched alkanes of at least 4 members (excludes halogenated alkanes) is 2. The molecular weight excluding hydrogens is 244 g/mol. The minimum Gasteiger partial charge on any atom is -0.480 e. The molecule has 1 unspecified atom stereocenters. The summed E-state index contributed by atoms with van der Waals surface area (Å²) in [6.07, 6.45) is 6.35. The number of nitrogens with one attached hydrogen (secondary N) is 1. The van der Waals surface area contributed by atoms with Crippen LogP contribution in [0.5, 0.6) is 0 Å². The van der Waals surface area contributed by atoms with Crippen LogP contribution in [-0.2, 0) is 4.79 Å². The number of carboxylic acid groups (broad SMARTS) is 1. The first-order valence-electron chi connectivity index (χ1n) is 7.40.